The molecule has 3 rings (SSSR count). The van der Waals surface area contributed by atoms with Crippen molar-refractivity contribution in [2.45, 2.75) is 31.6 Å². The topological polar surface area (TPSA) is 82.1 Å². The van der Waals surface area contributed by atoms with Crippen LogP contribution in [0.1, 0.15) is 23.1 Å². The number of rotatable bonds is 9. The first-order valence-corrected chi connectivity index (χ1v) is 12.2. The van der Waals surface area contributed by atoms with E-state index in [1.165, 1.54) is 11.4 Å². The van der Waals surface area contributed by atoms with Crippen LogP contribution in [0.3, 0.4) is 0 Å². The van der Waals surface area contributed by atoms with Gasteiger partial charge in [-0.2, -0.15) is 0 Å². The lowest BCUT2D eigenvalue weighted by Gasteiger charge is -2.20. The fourth-order valence-electron chi connectivity index (χ4n) is 3.47. The summed E-state index contributed by atoms with van der Waals surface area (Å²) in [6.07, 6.45) is 0.570. The Balaban J connectivity index is 1.65. The number of esters is 1. The van der Waals surface area contributed by atoms with E-state index in [4.69, 9.17) is 14.2 Å². The van der Waals surface area contributed by atoms with Crippen LogP contribution in [0.4, 0.5) is 5.69 Å². The first kappa shape index (κ1) is 25.1. The van der Waals surface area contributed by atoms with E-state index in [0.29, 0.717) is 29.4 Å². The minimum atomic E-state index is -3.72. The summed E-state index contributed by atoms with van der Waals surface area (Å²) >= 11 is 0. The summed E-state index contributed by atoms with van der Waals surface area (Å²) in [6, 6.07) is 16.9. The quantitative estimate of drug-likeness (QED) is 0.325. The lowest BCUT2D eigenvalue weighted by atomic mass is 10.1. The number of para-hydroxylation sites is 1. The van der Waals surface area contributed by atoms with Crippen LogP contribution in [0.5, 0.6) is 17.2 Å². The zero-order valence-electron chi connectivity index (χ0n) is 20.0. The van der Waals surface area contributed by atoms with E-state index in [9.17, 15) is 13.2 Å². The monoisotopic (exact) mass is 483 g/mol. The Kier molecular flexibility index (Phi) is 7.83. The molecule has 3 aromatic carbocycles. The standard InChI is InChI=1S/C26H29NO6S/c1-18-9-15-23(17-19(18)2)34(29,30)27(3)21-11-13-22(14-12-21)33-25(28)16-10-20-7-6-8-24(31-4)26(20)32-5/h6-9,11-15,17H,10,16H2,1-5H3. The van der Waals surface area contributed by atoms with Gasteiger partial charge >= 0.3 is 5.97 Å². The molecule has 0 unspecified atom stereocenters. The first-order chi connectivity index (χ1) is 16.2. The molecule has 7 nitrogen and oxygen atoms in total. The molecule has 180 valence electrons. The Morgan fingerprint density at radius 1 is 0.912 bits per heavy atom. The maximum atomic E-state index is 13.0. The molecule has 3 aromatic rings. The molecule has 0 aliphatic heterocycles. The van der Waals surface area contributed by atoms with Crippen LogP contribution in [-0.2, 0) is 21.2 Å². The second-order valence-electron chi connectivity index (χ2n) is 7.84. The van der Waals surface area contributed by atoms with E-state index in [-0.39, 0.29) is 11.3 Å². The molecule has 0 heterocycles. The average molecular weight is 484 g/mol. The molecule has 0 bridgehead atoms. The molecule has 0 N–H and O–H groups in total. The Labute approximate surface area is 200 Å². The second-order valence-corrected chi connectivity index (χ2v) is 9.81. The van der Waals surface area contributed by atoms with Crippen molar-refractivity contribution in [1.29, 1.82) is 0 Å². The van der Waals surface area contributed by atoms with Crippen LogP contribution in [-0.4, -0.2) is 35.7 Å². The van der Waals surface area contributed by atoms with Crippen molar-refractivity contribution in [2.24, 2.45) is 0 Å². The van der Waals surface area contributed by atoms with Gasteiger partial charge in [0.25, 0.3) is 10.0 Å². The van der Waals surface area contributed by atoms with Crippen molar-refractivity contribution in [3.8, 4) is 17.2 Å². The van der Waals surface area contributed by atoms with Crippen LogP contribution in [0.25, 0.3) is 0 Å². The summed E-state index contributed by atoms with van der Waals surface area (Å²) in [5.41, 5.74) is 3.23. The zero-order chi connectivity index (χ0) is 24.9. The molecule has 34 heavy (non-hydrogen) atoms. The maximum absolute atomic E-state index is 13.0. The van der Waals surface area contributed by atoms with Crippen LogP contribution in [0.15, 0.2) is 65.6 Å². The molecule has 0 saturated carbocycles. The number of nitrogens with zero attached hydrogens (tertiary/aromatic N) is 1. The number of benzene rings is 3. The Morgan fingerprint density at radius 2 is 1.62 bits per heavy atom. The van der Waals surface area contributed by atoms with Crippen molar-refractivity contribution < 1.29 is 27.4 Å². The highest BCUT2D eigenvalue weighted by Crippen LogP contribution is 2.31. The van der Waals surface area contributed by atoms with Crippen LogP contribution in [0, 0.1) is 13.8 Å². The summed E-state index contributed by atoms with van der Waals surface area (Å²) in [6.45, 7) is 3.81. The molecule has 0 radical (unpaired) electrons. The van der Waals surface area contributed by atoms with Crippen molar-refractivity contribution in [3.05, 3.63) is 77.4 Å². The Morgan fingerprint density at radius 3 is 2.24 bits per heavy atom. The van der Waals surface area contributed by atoms with Gasteiger partial charge in [-0.15, -0.1) is 0 Å². The number of hydrogen-bond acceptors (Lipinski definition) is 6. The molecule has 0 fully saturated rings. The molecule has 8 heteroatoms. The van der Waals surface area contributed by atoms with Gasteiger partial charge in [-0.05, 0) is 79.4 Å². The fourth-order valence-corrected chi connectivity index (χ4v) is 4.75. The van der Waals surface area contributed by atoms with Crippen molar-refractivity contribution in [2.75, 3.05) is 25.6 Å². The smallest absolute Gasteiger partial charge is 0.311 e. The summed E-state index contributed by atoms with van der Waals surface area (Å²) in [4.78, 5) is 12.6. The third-order valence-corrected chi connectivity index (χ3v) is 7.43. The van der Waals surface area contributed by atoms with Gasteiger partial charge in [-0.3, -0.25) is 9.10 Å². The Bertz CT molecular complexity index is 1270. The van der Waals surface area contributed by atoms with Gasteiger partial charge in [-0.25, -0.2) is 8.42 Å². The summed E-state index contributed by atoms with van der Waals surface area (Å²) in [5, 5.41) is 0. The Hall–Kier alpha value is -3.52. The highest BCUT2D eigenvalue weighted by Gasteiger charge is 2.22. The number of carbonyl (C=O) groups is 1. The normalized spacial score (nSPS) is 11.1. The highest BCUT2D eigenvalue weighted by atomic mass is 32.2. The van der Waals surface area contributed by atoms with E-state index in [1.807, 2.05) is 26.0 Å². The maximum Gasteiger partial charge on any atom is 0.311 e. The predicted molar refractivity (Wildman–Crippen MR) is 131 cm³/mol. The number of ether oxygens (including phenoxy) is 3. The van der Waals surface area contributed by atoms with Gasteiger partial charge in [0.2, 0.25) is 0 Å². The summed E-state index contributed by atoms with van der Waals surface area (Å²) in [7, 11) is 0.891. The molecule has 0 aromatic heterocycles. The number of anilines is 1. The summed E-state index contributed by atoms with van der Waals surface area (Å²) in [5.74, 6) is 1.12. The van der Waals surface area contributed by atoms with Crippen LogP contribution < -0.4 is 18.5 Å². The zero-order valence-corrected chi connectivity index (χ0v) is 20.8. The van der Waals surface area contributed by atoms with Crippen molar-refractivity contribution in [3.63, 3.8) is 0 Å². The van der Waals surface area contributed by atoms with E-state index < -0.39 is 16.0 Å². The second kappa shape index (κ2) is 10.6. The number of hydrogen-bond donors (Lipinski definition) is 0. The minimum absolute atomic E-state index is 0.145. The SMILES string of the molecule is COc1cccc(CCC(=O)Oc2ccc(N(C)S(=O)(=O)c3ccc(C)c(C)c3)cc2)c1OC. The molecule has 0 spiro atoms. The lowest BCUT2D eigenvalue weighted by Crippen LogP contribution is -2.26. The number of methoxy groups -OCH3 is 2. The fraction of sp³-hybridized carbons (Fsp3) is 0.269. The van der Waals surface area contributed by atoms with E-state index >= 15 is 0 Å². The molecule has 0 aliphatic rings. The predicted octanol–water partition coefficient (Wildman–Crippen LogP) is 4.68. The van der Waals surface area contributed by atoms with Crippen LogP contribution >= 0.6 is 0 Å². The molecule has 0 aliphatic carbocycles. The third kappa shape index (κ3) is 5.51. The highest BCUT2D eigenvalue weighted by molar-refractivity contribution is 7.92. The first-order valence-electron chi connectivity index (χ1n) is 10.7. The molecule has 0 saturated heterocycles. The number of sulfonamides is 1. The van der Waals surface area contributed by atoms with Gasteiger partial charge < -0.3 is 14.2 Å². The van der Waals surface area contributed by atoms with E-state index in [0.717, 1.165) is 16.7 Å². The minimum Gasteiger partial charge on any atom is -0.493 e. The van der Waals surface area contributed by atoms with Crippen molar-refractivity contribution >= 4 is 21.7 Å². The number of aryl methyl sites for hydroxylation is 3. The van der Waals surface area contributed by atoms with E-state index in [1.54, 1.807) is 62.8 Å². The van der Waals surface area contributed by atoms with Gasteiger partial charge in [0.15, 0.2) is 11.5 Å². The molecule has 0 atom stereocenters. The molecular weight excluding hydrogens is 454 g/mol. The van der Waals surface area contributed by atoms with Crippen LogP contribution in [0.2, 0.25) is 0 Å². The van der Waals surface area contributed by atoms with E-state index in [2.05, 4.69) is 0 Å². The van der Waals surface area contributed by atoms with Gasteiger partial charge in [0.1, 0.15) is 5.75 Å². The summed E-state index contributed by atoms with van der Waals surface area (Å²) < 4.78 is 43.3. The lowest BCUT2D eigenvalue weighted by molar-refractivity contribution is -0.134. The van der Waals surface area contributed by atoms with Gasteiger partial charge in [0, 0.05) is 7.05 Å². The molecule has 0 amide bonds. The third-order valence-electron chi connectivity index (χ3n) is 5.65. The largest absolute Gasteiger partial charge is 0.493 e. The average Bonchev–Trinajstić information content (AvgIpc) is 2.83. The van der Waals surface area contributed by atoms with Crippen molar-refractivity contribution in [1.82, 2.24) is 0 Å². The number of carbonyl (C=O) groups excluding carboxylic acids is 1. The molecular formula is C26H29NO6S. The van der Waals surface area contributed by atoms with Gasteiger partial charge in [0.05, 0.1) is 31.2 Å². The van der Waals surface area contributed by atoms with Gasteiger partial charge in [-0.1, -0.05) is 18.2 Å².